The Morgan fingerprint density at radius 3 is 1.30 bits per heavy atom. The van der Waals surface area contributed by atoms with E-state index in [1.54, 1.807) is 0 Å². The van der Waals surface area contributed by atoms with Crippen molar-refractivity contribution in [1.29, 1.82) is 0 Å². The van der Waals surface area contributed by atoms with Crippen LogP contribution in [0, 0.1) is 0 Å². The van der Waals surface area contributed by atoms with E-state index in [0.717, 1.165) is 33.4 Å². The molecule has 0 atom stereocenters. The third-order valence-corrected chi connectivity index (χ3v) is 13.0. The SMILES string of the molecule is c1ccc(-n2c3ccccc3n(-c3ccccc3)c3cc4c(cc32)c2ccccc2c2cccc(-c3cccc5c3sc3ccccc35)c2c2ccccc42)cc1. The summed E-state index contributed by atoms with van der Waals surface area (Å²) in [5.41, 5.74) is 9.34. The van der Waals surface area contributed by atoms with Gasteiger partial charge >= 0.3 is 0 Å². The van der Waals surface area contributed by atoms with Gasteiger partial charge in [0.15, 0.2) is 0 Å². The number of thiophene rings is 1. The van der Waals surface area contributed by atoms with Crippen LogP contribution in [0.3, 0.4) is 0 Å². The monoisotopic (exact) mass is 742 g/mol. The highest BCUT2D eigenvalue weighted by molar-refractivity contribution is 7.26. The number of hydrogen-bond acceptors (Lipinski definition) is 1. The minimum atomic E-state index is 1.13. The van der Waals surface area contributed by atoms with E-state index in [1.807, 2.05) is 11.3 Å². The molecule has 10 aromatic carbocycles. The van der Waals surface area contributed by atoms with Crippen molar-refractivity contribution in [2.45, 2.75) is 0 Å². The smallest absolute Gasteiger partial charge is 0.0709 e. The second-order valence-corrected chi connectivity index (χ2v) is 15.9. The van der Waals surface area contributed by atoms with Gasteiger partial charge < -0.3 is 9.13 Å². The van der Waals surface area contributed by atoms with Crippen LogP contribution in [0.15, 0.2) is 206 Å². The molecule has 0 aliphatic carbocycles. The van der Waals surface area contributed by atoms with Crippen LogP contribution >= 0.6 is 11.3 Å². The number of hydrogen-bond donors (Lipinski definition) is 0. The third kappa shape index (κ3) is 4.83. The first kappa shape index (κ1) is 32.1. The minimum Gasteiger partial charge on any atom is -0.306 e. The van der Waals surface area contributed by atoms with Crippen LogP contribution in [0.1, 0.15) is 0 Å². The maximum atomic E-state index is 2.46. The van der Waals surface area contributed by atoms with Gasteiger partial charge in [-0.25, -0.2) is 0 Å². The molecule has 0 fully saturated rings. The summed E-state index contributed by atoms with van der Waals surface area (Å²) in [4.78, 5) is 0. The fourth-order valence-electron chi connectivity index (χ4n) is 9.33. The van der Waals surface area contributed by atoms with E-state index in [4.69, 9.17) is 0 Å². The number of benzene rings is 9. The first-order valence-corrected chi connectivity index (χ1v) is 20.3. The standard InChI is InChI=1S/C54H34N2S/c1-3-17-35(18-4-1)55-48-30-12-13-31-49(48)56(36-19-5-2-6-20-36)51-34-47-39-23-9-10-25-41(39)53-42(37-21-7-8-22-38(37)46(47)33-50(51)55)26-15-27-43(53)45-29-16-28-44-40-24-11-14-32-52(40)57-54(44)45/h1-34H. The number of rotatable bonds is 3. The van der Waals surface area contributed by atoms with Crippen LogP contribution in [0.25, 0.3) is 108 Å². The van der Waals surface area contributed by atoms with Gasteiger partial charge in [0.05, 0.1) is 22.1 Å². The maximum absolute atomic E-state index is 2.46. The lowest BCUT2D eigenvalue weighted by molar-refractivity contribution is 1.09. The molecule has 0 saturated carbocycles. The molecule has 3 heteroatoms. The largest absolute Gasteiger partial charge is 0.306 e. The van der Waals surface area contributed by atoms with Crippen molar-refractivity contribution in [3.8, 4) is 22.5 Å². The van der Waals surface area contributed by atoms with Crippen molar-refractivity contribution in [2.24, 2.45) is 0 Å². The predicted molar refractivity (Wildman–Crippen MR) is 246 cm³/mol. The number of fused-ring (bicyclic) bond motifs is 13. The van der Waals surface area contributed by atoms with E-state index in [9.17, 15) is 0 Å². The molecule has 12 rings (SSSR count). The summed E-state index contributed by atoms with van der Waals surface area (Å²) in [7, 11) is 0. The average molecular weight is 743 g/mol. The molecule has 0 spiro atoms. The van der Waals surface area contributed by atoms with Gasteiger partial charge in [-0.15, -0.1) is 11.3 Å². The Bertz CT molecular complexity index is 3630. The average Bonchev–Trinajstić information content (AvgIpc) is 3.67. The number of nitrogens with zero attached hydrogens (tertiary/aromatic N) is 2. The van der Waals surface area contributed by atoms with Gasteiger partial charge in [0.2, 0.25) is 0 Å². The maximum Gasteiger partial charge on any atom is 0.0709 e. The lowest BCUT2D eigenvalue weighted by atomic mass is 9.89. The van der Waals surface area contributed by atoms with Gasteiger partial charge in [-0.1, -0.05) is 152 Å². The number of para-hydroxylation sites is 4. The normalized spacial score (nSPS) is 11.9. The van der Waals surface area contributed by atoms with Crippen LogP contribution < -0.4 is 0 Å². The molecule has 0 unspecified atom stereocenters. The molecule has 2 nitrogen and oxygen atoms in total. The zero-order valence-electron chi connectivity index (χ0n) is 30.9. The molecule has 0 N–H and O–H groups in total. The molecule has 0 aliphatic rings. The minimum absolute atomic E-state index is 1.13. The Morgan fingerprint density at radius 2 is 0.702 bits per heavy atom. The lowest BCUT2D eigenvalue weighted by Crippen LogP contribution is -2.08. The van der Waals surface area contributed by atoms with Gasteiger partial charge in [-0.2, -0.15) is 0 Å². The van der Waals surface area contributed by atoms with Gasteiger partial charge in [0.1, 0.15) is 0 Å². The molecular weight excluding hydrogens is 709 g/mol. The second kappa shape index (κ2) is 12.7. The third-order valence-electron chi connectivity index (χ3n) is 11.7. The van der Waals surface area contributed by atoms with Crippen LogP contribution in [0.5, 0.6) is 0 Å². The lowest BCUT2D eigenvalue weighted by Gasteiger charge is -2.23. The summed E-state index contributed by atoms with van der Waals surface area (Å²) in [5.74, 6) is 0. The molecule has 266 valence electrons. The van der Waals surface area contributed by atoms with Crippen molar-refractivity contribution in [3.63, 3.8) is 0 Å². The highest BCUT2D eigenvalue weighted by Gasteiger charge is 2.19. The van der Waals surface area contributed by atoms with Crippen LogP contribution in [0.2, 0.25) is 0 Å². The summed E-state index contributed by atoms with van der Waals surface area (Å²) < 4.78 is 7.53. The quantitative estimate of drug-likeness (QED) is 0.160. The van der Waals surface area contributed by atoms with Crippen molar-refractivity contribution >= 4 is 96.7 Å². The molecule has 2 aromatic heterocycles. The topological polar surface area (TPSA) is 9.86 Å². The summed E-state index contributed by atoms with van der Waals surface area (Å²) in [6.07, 6.45) is 0. The van der Waals surface area contributed by atoms with Crippen LogP contribution in [0.4, 0.5) is 0 Å². The second-order valence-electron chi connectivity index (χ2n) is 14.8. The molecule has 0 amide bonds. The van der Waals surface area contributed by atoms with Crippen LogP contribution in [-0.4, -0.2) is 9.13 Å². The Morgan fingerprint density at radius 1 is 0.281 bits per heavy atom. The van der Waals surface area contributed by atoms with Crippen molar-refractivity contribution < 1.29 is 0 Å². The Hall–Kier alpha value is -7.20. The van der Waals surface area contributed by atoms with Gasteiger partial charge in [-0.05, 0) is 103 Å². The first-order valence-electron chi connectivity index (χ1n) is 19.5. The fourth-order valence-corrected chi connectivity index (χ4v) is 10.6. The molecule has 0 radical (unpaired) electrons. The first-order chi connectivity index (χ1) is 28.3. The zero-order valence-corrected chi connectivity index (χ0v) is 31.7. The van der Waals surface area contributed by atoms with Crippen molar-refractivity contribution in [3.05, 3.63) is 206 Å². The molecule has 12 aromatic rings. The summed E-state index contributed by atoms with van der Waals surface area (Å²) in [6, 6.07) is 75.9. The molecule has 0 aliphatic heterocycles. The fraction of sp³-hybridized carbons (Fsp3) is 0. The summed E-state index contributed by atoms with van der Waals surface area (Å²) in [6.45, 7) is 0. The van der Waals surface area contributed by atoms with Gasteiger partial charge in [0.25, 0.3) is 0 Å². The molecule has 2 heterocycles. The van der Waals surface area contributed by atoms with Crippen LogP contribution in [-0.2, 0) is 0 Å². The highest BCUT2D eigenvalue weighted by atomic mass is 32.1. The zero-order chi connectivity index (χ0) is 37.5. The van der Waals surface area contributed by atoms with E-state index in [1.165, 1.54) is 74.4 Å². The predicted octanol–water partition coefficient (Wildman–Crippen LogP) is 15.3. The highest BCUT2D eigenvalue weighted by Crippen LogP contribution is 2.45. The van der Waals surface area contributed by atoms with E-state index in [0.29, 0.717) is 0 Å². The van der Waals surface area contributed by atoms with E-state index < -0.39 is 0 Å². The van der Waals surface area contributed by atoms with Gasteiger partial charge in [0, 0.05) is 37.1 Å². The molecule has 0 saturated heterocycles. The summed E-state index contributed by atoms with van der Waals surface area (Å²) >= 11 is 1.89. The molecule has 0 bridgehead atoms. The van der Waals surface area contributed by atoms with Crippen molar-refractivity contribution in [2.75, 3.05) is 0 Å². The Balaban J connectivity index is 1.33. The van der Waals surface area contributed by atoms with E-state index in [2.05, 4.69) is 215 Å². The van der Waals surface area contributed by atoms with Crippen molar-refractivity contribution in [1.82, 2.24) is 9.13 Å². The number of aromatic nitrogens is 2. The Labute approximate surface area is 333 Å². The van der Waals surface area contributed by atoms with E-state index >= 15 is 0 Å². The molecular formula is C54H34N2S. The molecule has 57 heavy (non-hydrogen) atoms. The summed E-state index contributed by atoms with van der Waals surface area (Å²) in [5, 5.41) is 12.5. The van der Waals surface area contributed by atoms with E-state index in [-0.39, 0.29) is 0 Å². The van der Waals surface area contributed by atoms with Gasteiger partial charge in [-0.3, -0.25) is 0 Å². The Kier molecular flexibility index (Phi) is 7.13.